The highest BCUT2D eigenvalue weighted by Crippen LogP contribution is 2.25. The van der Waals surface area contributed by atoms with E-state index in [0.29, 0.717) is 16.4 Å². The molecule has 20 heavy (non-hydrogen) atoms. The topological polar surface area (TPSA) is 58.1 Å². The molecule has 0 saturated carbocycles. The minimum atomic E-state index is -0.841. The van der Waals surface area contributed by atoms with Crippen molar-refractivity contribution in [1.29, 1.82) is 0 Å². The Bertz CT molecular complexity index is 754. The number of ether oxygens (including phenoxy) is 1. The second-order valence-electron chi connectivity index (χ2n) is 4.46. The molecule has 0 spiro atoms. The number of methoxy groups -OCH3 is 1. The minimum Gasteiger partial charge on any atom is -0.497 e. The number of aliphatic hydroxyl groups is 1. The molecule has 1 aromatic heterocycles. The van der Waals surface area contributed by atoms with Gasteiger partial charge in [-0.05, 0) is 29.8 Å². The van der Waals surface area contributed by atoms with Gasteiger partial charge in [-0.3, -0.25) is 0 Å². The fourth-order valence-electron chi connectivity index (χ4n) is 2.10. The van der Waals surface area contributed by atoms with E-state index in [1.165, 1.54) is 0 Å². The third-order valence-corrected chi connectivity index (χ3v) is 3.37. The van der Waals surface area contributed by atoms with Gasteiger partial charge in [0.1, 0.15) is 17.7 Å². The highest BCUT2D eigenvalue weighted by molar-refractivity contribution is 6.30. The predicted octanol–water partition coefficient (Wildman–Crippen LogP) is 3.31. The molecule has 3 aromatic rings. The van der Waals surface area contributed by atoms with Gasteiger partial charge >= 0.3 is 0 Å². The molecule has 4 nitrogen and oxygen atoms in total. The number of halogens is 1. The summed E-state index contributed by atoms with van der Waals surface area (Å²) in [5, 5.41) is 10.9. The van der Waals surface area contributed by atoms with Crippen LogP contribution in [0.3, 0.4) is 0 Å². The minimum absolute atomic E-state index is 0.482. The molecule has 1 atom stereocenters. The Morgan fingerprint density at radius 3 is 2.85 bits per heavy atom. The van der Waals surface area contributed by atoms with Crippen molar-refractivity contribution in [3.05, 3.63) is 58.9 Å². The van der Waals surface area contributed by atoms with Crippen LogP contribution in [-0.2, 0) is 0 Å². The van der Waals surface area contributed by atoms with Crippen LogP contribution in [0.4, 0.5) is 0 Å². The largest absolute Gasteiger partial charge is 0.497 e. The van der Waals surface area contributed by atoms with Crippen LogP contribution in [-0.4, -0.2) is 22.2 Å². The third kappa shape index (κ3) is 2.35. The molecule has 0 fully saturated rings. The molecule has 0 amide bonds. The molecule has 2 aromatic carbocycles. The Morgan fingerprint density at radius 2 is 2.10 bits per heavy atom. The lowest BCUT2D eigenvalue weighted by atomic mass is 10.1. The molecular weight excluding hydrogens is 276 g/mol. The number of nitrogens with zero attached hydrogens (tertiary/aromatic N) is 1. The van der Waals surface area contributed by atoms with Crippen LogP contribution in [0, 0.1) is 0 Å². The van der Waals surface area contributed by atoms with Crippen molar-refractivity contribution in [2.45, 2.75) is 6.10 Å². The number of aliphatic hydroxyl groups excluding tert-OH is 1. The first-order chi connectivity index (χ1) is 9.67. The Hall–Kier alpha value is -2.04. The van der Waals surface area contributed by atoms with Crippen LogP contribution in [0.1, 0.15) is 17.5 Å². The van der Waals surface area contributed by atoms with Crippen LogP contribution < -0.4 is 4.74 Å². The van der Waals surface area contributed by atoms with Gasteiger partial charge in [0, 0.05) is 11.1 Å². The number of aromatic nitrogens is 2. The summed E-state index contributed by atoms with van der Waals surface area (Å²) in [6.45, 7) is 0. The molecular formula is C15H13ClN2O2. The summed E-state index contributed by atoms with van der Waals surface area (Å²) in [4.78, 5) is 7.49. The Kier molecular flexibility index (Phi) is 3.34. The molecule has 0 aliphatic heterocycles. The second kappa shape index (κ2) is 5.15. The standard InChI is InChI=1S/C15H13ClN2O2/c1-20-11-5-6-12-13(8-11)18-15(17-12)14(19)9-3-2-4-10(16)7-9/h2-8,14,19H,1H3,(H,17,18)/t14-/m1/s1. The lowest BCUT2D eigenvalue weighted by Gasteiger charge is -2.07. The van der Waals surface area contributed by atoms with Crippen molar-refractivity contribution < 1.29 is 9.84 Å². The first-order valence-electron chi connectivity index (χ1n) is 6.14. The zero-order valence-corrected chi connectivity index (χ0v) is 11.6. The van der Waals surface area contributed by atoms with Crippen LogP contribution in [0.25, 0.3) is 11.0 Å². The van der Waals surface area contributed by atoms with E-state index in [2.05, 4.69) is 9.97 Å². The van der Waals surface area contributed by atoms with E-state index in [1.54, 1.807) is 25.3 Å². The lowest BCUT2D eigenvalue weighted by Crippen LogP contribution is -2.01. The Morgan fingerprint density at radius 1 is 1.25 bits per heavy atom. The second-order valence-corrected chi connectivity index (χ2v) is 4.90. The van der Waals surface area contributed by atoms with Gasteiger partial charge in [0.15, 0.2) is 0 Å². The first-order valence-corrected chi connectivity index (χ1v) is 6.52. The SMILES string of the molecule is COc1ccc2nc([C@H](O)c3cccc(Cl)c3)[nH]c2c1. The highest BCUT2D eigenvalue weighted by atomic mass is 35.5. The third-order valence-electron chi connectivity index (χ3n) is 3.13. The number of hydrogen-bond donors (Lipinski definition) is 2. The number of nitrogens with one attached hydrogen (secondary N) is 1. The molecule has 3 rings (SSSR count). The van der Waals surface area contributed by atoms with E-state index in [-0.39, 0.29) is 0 Å². The van der Waals surface area contributed by atoms with Crippen LogP contribution >= 0.6 is 11.6 Å². The maximum atomic E-state index is 10.4. The van der Waals surface area contributed by atoms with Crippen LogP contribution in [0.2, 0.25) is 5.02 Å². The van der Waals surface area contributed by atoms with Gasteiger partial charge in [0.25, 0.3) is 0 Å². The number of hydrogen-bond acceptors (Lipinski definition) is 3. The van der Waals surface area contributed by atoms with Gasteiger partial charge in [0.2, 0.25) is 0 Å². The number of fused-ring (bicyclic) bond motifs is 1. The van der Waals surface area contributed by atoms with Crippen molar-refractivity contribution >= 4 is 22.6 Å². The number of rotatable bonds is 3. The average Bonchev–Trinajstić information content (AvgIpc) is 2.89. The molecule has 0 radical (unpaired) electrons. The molecule has 1 heterocycles. The summed E-state index contributed by atoms with van der Waals surface area (Å²) in [7, 11) is 1.61. The van der Waals surface area contributed by atoms with Gasteiger partial charge in [-0.2, -0.15) is 0 Å². The monoisotopic (exact) mass is 288 g/mol. The molecule has 5 heteroatoms. The summed E-state index contributed by atoms with van der Waals surface area (Å²) in [6, 6.07) is 12.6. The fraction of sp³-hybridized carbons (Fsp3) is 0.133. The summed E-state index contributed by atoms with van der Waals surface area (Å²) >= 11 is 5.94. The highest BCUT2D eigenvalue weighted by Gasteiger charge is 2.15. The number of H-pyrrole nitrogens is 1. The van der Waals surface area contributed by atoms with Crippen LogP contribution in [0.5, 0.6) is 5.75 Å². The van der Waals surface area contributed by atoms with E-state index in [1.807, 2.05) is 24.3 Å². The lowest BCUT2D eigenvalue weighted by molar-refractivity contribution is 0.211. The van der Waals surface area contributed by atoms with E-state index < -0.39 is 6.10 Å². The zero-order valence-electron chi connectivity index (χ0n) is 10.8. The Labute approximate surface area is 121 Å². The summed E-state index contributed by atoms with van der Waals surface area (Å²) in [5.74, 6) is 1.22. The van der Waals surface area contributed by atoms with E-state index in [4.69, 9.17) is 16.3 Å². The molecule has 2 N–H and O–H groups in total. The van der Waals surface area contributed by atoms with Gasteiger partial charge in [-0.15, -0.1) is 0 Å². The van der Waals surface area contributed by atoms with Gasteiger partial charge < -0.3 is 14.8 Å². The number of imidazole rings is 1. The first kappa shape index (κ1) is 13.0. The number of benzene rings is 2. The maximum absolute atomic E-state index is 10.4. The smallest absolute Gasteiger partial charge is 0.140 e. The van der Waals surface area contributed by atoms with E-state index in [0.717, 1.165) is 16.8 Å². The molecule has 0 unspecified atom stereocenters. The summed E-state index contributed by atoms with van der Waals surface area (Å²) < 4.78 is 5.16. The van der Waals surface area contributed by atoms with Crippen LogP contribution in [0.15, 0.2) is 42.5 Å². The zero-order chi connectivity index (χ0) is 14.1. The van der Waals surface area contributed by atoms with E-state index >= 15 is 0 Å². The number of aromatic amines is 1. The molecule has 0 saturated heterocycles. The quantitative estimate of drug-likeness (QED) is 0.777. The molecule has 0 bridgehead atoms. The van der Waals surface area contributed by atoms with E-state index in [9.17, 15) is 5.11 Å². The van der Waals surface area contributed by atoms with Crippen molar-refractivity contribution in [1.82, 2.24) is 9.97 Å². The van der Waals surface area contributed by atoms with Gasteiger partial charge in [-0.25, -0.2) is 4.98 Å². The summed E-state index contributed by atoms with van der Waals surface area (Å²) in [5.41, 5.74) is 2.30. The maximum Gasteiger partial charge on any atom is 0.140 e. The van der Waals surface area contributed by atoms with Crippen molar-refractivity contribution in [3.63, 3.8) is 0 Å². The molecule has 102 valence electrons. The van der Waals surface area contributed by atoms with Crippen molar-refractivity contribution in [2.75, 3.05) is 7.11 Å². The normalized spacial score (nSPS) is 12.6. The average molecular weight is 289 g/mol. The molecule has 0 aliphatic carbocycles. The molecule has 0 aliphatic rings. The predicted molar refractivity (Wildman–Crippen MR) is 78.2 cm³/mol. The fourth-order valence-corrected chi connectivity index (χ4v) is 2.30. The van der Waals surface area contributed by atoms with Crippen molar-refractivity contribution in [3.8, 4) is 5.75 Å². The van der Waals surface area contributed by atoms with Crippen molar-refractivity contribution in [2.24, 2.45) is 0 Å². The van der Waals surface area contributed by atoms with Gasteiger partial charge in [0.05, 0.1) is 18.1 Å². The summed E-state index contributed by atoms with van der Waals surface area (Å²) in [6.07, 6.45) is -0.841. The Balaban J connectivity index is 2.01. The van der Waals surface area contributed by atoms with Gasteiger partial charge in [-0.1, -0.05) is 23.7 Å².